The summed E-state index contributed by atoms with van der Waals surface area (Å²) in [7, 11) is 0. The van der Waals surface area contributed by atoms with Gasteiger partial charge in [-0.1, -0.05) is 132 Å². The number of rotatable bonds is 52. The van der Waals surface area contributed by atoms with E-state index >= 15 is 0 Å². The van der Waals surface area contributed by atoms with Crippen molar-refractivity contribution in [2.75, 3.05) is 123 Å². The van der Waals surface area contributed by atoms with Gasteiger partial charge in [-0.3, -0.25) is 4.90 Å². The molecule has 8 rings (SSSR count). The molecule has 3 aromatic heterocycles. The van der Waals surface area contributed by atoms with Gasteiger partial charge in [0.05, 0.1) is 0 Å². The van der Waals surface area contributed by atoms with Crippen LogP contribution in [0, 0.1) is 24.3 Å². The molecule has 0 bridgehead atoms. The maximum absolute atomic E-state index is 6.10. The van der Waals surface area contributed by atoms with Gasteiger partial charge in [0, 0.05) is 182 Å². The topological polar surface area (TPSA) is 205 Å². The zero-order chi connectivity index (χ0) is 91.8. The molecule has 0 amide bonds. The molecule has 0 saturated carbocycles. The molecule has 23 heteroatoms. The SMILES string of the molecule is C#CC#CN(CCCC)c1nc(N(CCCC)CCCC)nc(N(CCCCCCN(c2nc(N(CCCC)C3CC(C)(C)NC(C)(C)C3)nc(N(CCCCCCN(c3nc(N(CCCC)CCCC)nc(N(CCCC)CCCC)n3)C3CC(C)(C)NC(C)(C)C3)C3CC(C)(C)NC(C)(C)C3)n2)C2CC(C)(C)NC(C)(C)C2)C2CC(C)(C)NC(C)(C)C2)n1.[HH].[HH].[HH].[HH]. The average molecular weight is 1740 g/mol. The predicted octanol–water partition coefficient (Wildman–Crippen LogP) is 21.5. The van der Waals surface area contributed by atoms with Crippen LogP contribution < -0.4 is 70.7 Å². The summed E-state index contributed by atoms with van der Waals surface area (Å²) in [6.07, 6.45) is 41.1. The van der Waals surface area contributed by atoms with E-state index in [1.165, 1.54) is 0 Å². The molecule has 5 saturated heterocycles. The molecule has 5 fully saturated rings. The van der Waals surface area contributed by atoms with Gasteiger partial charge in [-0.25, -0.2) is 0 Å². The van der Waals surface area contributed by atoms with E-state index < -0.39 is 0 Å². The molecule has 3 aromatic rings. The predicted molar refractivity (Wildman–Crippen MR) is 543 cm³/mol. The van der Waals surface area contributed by atoms with E-state index in [2.05, 4.69) is 278 Å². The third kappa shape index (κ3) is 32.9. The van der Waals surface area contributed by atoms with E-state index in [0.29, 0.717) is 12.5 Å². The Morgan fingerprint density at radius 1 is 0.240 bits per heavy atom. The molecular weight excluding hydrogens is 1550 g/mol. The van der Waals surface area contributed by atoms with Gasteiger partial charge in [0.15, 0.2) is 0 Å². The van der Waals surface area contributed by atoms with E-state index in [9.17, 15) is 0 Å². The third-order valence-electron chi connectivity index (χ3n) is 26.8. The summed E-state index contributed by atoms with van der Waals surface area (Å²) < 4.78 is 0. The number of nitrogens with zero attached hydrogens (tertiary/aromatic N) is 18. The molecule has 5 aliphatic heterocycles. The number of hydrogen-bond donors (Lipinski definition) is 5. The van der Waals surface area contributed by atoms with Crippen molar-refractivity contribution in [3.8, 4) is 24.3 Å². The second kappa shape index (κ2) is 46.8. The number of nitrogens with one attached hydrogen (secondary N) is 5. The number of unbranched alkanes of at least 4 members (excludes halogenated alkanes) is 14. The minimum Gasteiger partial charge on any atom is -0.341 e. The summed E-state index contributed by atoms with van der Waals surface area (Å²) in [5, 5.41) is 20.4. The Bertz CT molecular complexity index is 3690. The van der Waals surface area contributed by atoms with Crippen molar-refractivity contribution in [1.82, 2.24) is 71.4 Å². The fraction of sp³-hybridized carbons (Fsp3) is 0.873. The minimum atomic E-state index is -0.135. The molecule has 5 aliphatic rings. The van der Waals surface area contributed by atoms with Gasteiger partial charge in [0.25, 0.3) is 0 Å². The summed E-state index contributed by atoms with van der Waals surface area (Å²) in [5.41, 5.74) is -1.09. The first-order valence-corrected chi connectivity index (χ1v) is 50.9. The van der Waals surface area contributed by atoms with Crippen LogP contribution in [0.4, 0.5) is 53.5 Å². The summed E-state index contributed by atoms with van der Waals surface area (Å²) in [6.45, 7) is 76.7. The minimum absolute atomic E-state index is 0. The second-order valence-corrected chi connectivity index (χ2v) is 45.6. The van der Waals surface area contributed by atoms with Crippen LogP contribution >= 0.6 is 0 Å². The summed E-state index contributed by atoms with van der Waals surface area (Å²) in [4.78, 5) is 74.1. The van der Waals surface area contributed by atoms with E-state index in [0.717, 1.165) is 338 Å². The van der Waals surface area contributed by atoms with Crippen molar-refractivity contribution in [3.63, 3.8) is 0 Å². The second-order valence-electron chi connectivity index (χ2n) is 45.6. The number of aromatic nitrogens is 9. The van der Waals surface area contributed by atoms with Gasteiger partial charge >= 0.3 is 0 Å². The standard InChI is InChI=1S/C102H187N23.4H2/c1-30-39-56-117(57-40-31-2)84-103-85(118(58-41-32-3)59-42-33-4)106-88(105-84)122(80-71-95(14,15)113-96(16,17)72-80)65-52-48-50-54-67-124(82-75-99(22,23)115-100(24,25)76-82)91-109-90(121(64-47-38-9)79-69-93(10,11)112-94(12,13)70-79)110-92(111-91)125(83-77-101(26,27)116-102(28,29)78-83)68-55-51-49-53-66-123(81-73-97(18,19)114-98(20,21)74-81)89-107-86(119(60-43-34-5)61-44-35-6)104-87(108-89)120(62-45-36-7)63-46-37-8;;;;/h1,79-83,112-116H,31-38,40-55,57-78H2,2-29H3;4*1H. The number of terminal acetylenes is 1. The highest BCUT2D eigenvalue weighted by Gasteiger charge is 2.48. The first-order chi connectivity index (χ1) is 58.8. The first kappa shape index (κ1) is 105. The van der Waals surface area contributed by atoms with Gasteiger partial charge in [-0.05, 0) is 286 Å². The molecule has 0 spiro atoms. The van der Waals surface area contributed by atoms with Crippen molar-refractivity contribution >= 4 is 53.5 Å². The monoisotopic (exact) mass is 1740 g/mol. The summed E-state index contributed by atoms with van der Waals surface area (Å²) in [6, 6.07) is 4.27. The zero-order valence-electron chi connectivity index (χ0n) is 85.5. The molecule has 125 heavy (non-hydrogen) atoms. The molecule has 0 aromatic carbocycles. The molecule has 0 aliphatic carbocycles. The van der Waals surface area contributed by atoms with Gasteiger partial charge in [-0.15, -0.1) is 6.42 Å². The van der Waals surface area contributed by atoms with Crippen LogP contribution in [0.3, 0.4) is 0 Å². The number of anilines is 9. The Kier molecular flexibility index (Phi) is 39.1. The molecule has 0 unspecified atom stereocenters. The maximum atomic E-state index is 6.10. The van der Waals surface area contributed by atoms with E-state index in [1.54, 1.807) is 0 Å². The van der Waals surface area contributed by atoms with Crippen LogP contribution in [-0.2, 0) is 0 Å². The smallest absolute Gasteiger partial charge is 0.243 e. The summed E-state index contributed by atoms with van der Waals surface area (Å²) in [5.74, 6) is 12.7. The lowest BCUT2D eigenvalue weighted by Gasteiger charge is -2.51. The third-order valence-corrected chi connectivity index (χ3v) is 26.8. The number of hydrogen-bond acceptors (Lipinski definition) is 23. The van der Waals surface area contributed by atoms with Crippen molar-refractivity contribution in [2.24, 2.45) is 0 Å². The van der Waals surface area contributed by atoms with Gasteiger partial charge in [0.2, 0.25) is 53.5 Å². The lowest BCUT2D eigenvalue weighted by molar-refractivity contribution is 0.155. The zero-order valence-corrected chi connectivity index (χ0v) is 85.5. The van der Waals surface area contributed by atoms with E-state index in [-0.39, 0.29) is 91.3 Å². The van der Waals surface area contributed by atoms with Gasteiger partial charge in [0.1, 0.15) is 0 Å². The molecular formula is C102H195N23. The van der Waals surface area contributed by atoms with Gasteiger partial charge in [-0.2, -0.15) is 44.9 Å². The normalized spacial score (nSPS) is 20.1. The molecule has 5 N–H and O–H groups in total. The lowest BCUT2D eigenvalue weighted by Crippen LogP contribution is -2.63. The fourth-order valence-corrected chi connectivity index (χ4v) is 22.7. The summed E-state index contributed by atoms with van der Waals surface area (Å²) >= 11 is 0. The molecule has 0 radical (unpaired) electrons. The van der Waals surface area contributed by atoms with Crippen molar-refractivity contribution in [1.29, 1.82) is 0 Å². The Morgan fingerprint density at radius 3 is 0.616 bits per heavy atom. The molecule has 23 nitrogen and oxygen atoms in total. The quantitative estimate of drug-likeness (QED) is 0.0202. The molecule has 718 valence electrons. The van der Waals surface area contributed by atoms with Crippen LogP contribution in [0.5, 0.6) is 0 Å². The Morgan fingerprint density at radius 2 is 0.408 bits per heavy atom. The van der Waals surface area contributed by atoms with E-state index in [1.807, 2.05) is 4.90 Å². The van der Waals surface area contributed by atoms with Gasteiger partial charge < -0.3 is 65.8 Å². The van der Waals surface area contributed by atoms with E-state index in [4.69, 9.17) is 51.3 Å². The maximum Gasteiger partial charge on any atom is 0.243 e. The van der Waals surface area contributed by atoms with Crippen molar-refractivity contribution < 1.29 is 5.71 Å². The Balaban J connectivity index is 0.00000871. The molecule has 8 heterocycles. The lowest BCUT2D eigenvalue weighted by atomic mass is 9.79. The number of piperidine rings is 5. The molecule has 0 atom stereocenters. The Hall–Kier alpha value is -5.85. The van der Waals surface area contributed by atoms with Crippen LogP contribution in [0.15, 0.2) is 0 Å². The van der Waals surface area contributed by atoms with Crippen LogP contribution in [0.2, 0.25) is 0 Å². The average Bonchev–Trinajstić information content (AvgIpc) is 0.770. The van der Waals surface area contributed by atoms with Crippen LogP contribution in [0.25, 0.3) is 0 Å². The Labute approximate surface area is 771 Å². The van der Waals surface area contributed by atoms with Crippen LogP contribution in [0.1, 0.15) is 418 Å². The first-order valence-electron chi connectivity index (χ1n) is 50.9. The highest BCUT2D eigenvalue weighted by molar-refractivity contribution is 5.53. The highest BCUT2D eigenvalue weighted by atomic mass is 15.4. The largest absolute Gasteiger partial charge is 0.341 e. The van der Waals surface area contributed by atoms with Crippen LogP contribution in [-0.4, -0.2) is 209 Å². The van der Waals surface area contributed by atoms with Crippen molar-refractivity contribution in [3.05, 3.63) is 0 Å². The fourth-order valence-electron chi connectivity index (χ4n) is 22.7. The highest BCUT2D eigenvalue weighted by Crippen LogP contribution is 2.42. The van der Waals surface area contributed by atoms with Crippen molar-refractivity contribution in [2.45, 2.75) is 498 Å².